The number of nitrogens with zero attached hydrogens (tertiary/aromatic N) is 1. The normalized spacial score (nSPS) is 12.2. The molecule has 0 spiro atoms. The molecule has 1 unspecified atom stereocenters. The van der Waals surface area contributed by atoms with Gasteiger partial charge in [-0.05, 0) is 25.5 Å². The molecule has 1 aromatic heterocycles. The molecular formula is C16H29IN4O2. The average molecular weight is 436 g/mol. The van der Waals surface area contributed by atoms with Crippen molar-refractivity contribution >= 4 is 35.8 Å². The molecular weight excluding hydrogens is 407 g/mol. The second-order valence-corrected chi connectivity index (χ2v) is 5.27. The van der Waals surface area contributed by atoms with E-state index in [2.05, 4.69) is 34.8 Å². The SMILES string of the molecule is CCCCCC(C)NC(=NC)NCCNC(=O)c1ccco1.I. The van der Waals surface area contributed by atoms with E-state index in [0.29, 0.717) is 24.9 Å². The molecule has 23 heavy (non-hydrogen) atoms. The van der Waals surface area contributed by atoms with Crippen LogP contribution in [0.2, 0.25) is 0 Å². The first-order chi connectivity index (χ1) is 10.7. The van der Waals surface area contributed by atoms with Crippen LogP contribution in [0.1, 0.15) is 50.1 Å². The minimum Gasteiger partial charge on any atom is -0.459 e. The van der Waals surface area contributed by atoms with Crippen molar-refractivity contribution in [3.05, 3.63) is 24.2 Å². The summed E-state index contributed by atoms with van der Waals surface area (Å²) in [5.41, 5.74) is 0. The number of hydrogen-bond donors (Lipinski definition) is 3. The minimum absolute atomic E-state index is 0. The van der Waals surface area contributed by atoms with Gasteiger partial charge in [0.2, 0.25) is 0 Å². The molecule has 0 saturated carbocycles. The van der Waals surface area contributed by atoms with Gasteiger partial charge < -0.3 is 20.4 Å². The average Bonchev–Trinajstić information content (AvgIpc) is 3.04. The third-order valence-corrected chi connectivity index (χ3v) is 3.30. The number of guanidine groups is 1. The van der Waals surface area contributed by atoms with E-state index < -0.39 is 0 Å². The predicted molar refractivity (Wildman–Crippen MR) is 105 cm³/mol. The zero-order valence-corrected chi connectivity index (χ0v) is 16.6. The quantitative estimate of drug-likeness (QED) is 0.241. The molecule has 1 amide bonds. The monoisotopic (exact) mass is 436 g/mol. The Morgan fingerprint density at radius 3 is 2.65 bits per heavy atom. The molecule has 0 aromatic carbocycles. The Morgan fingerprint density at radius 2 is 2.04 bits per heavy atom. The van der Waals surface area contributed by atoms with Gasteiger partial charge in [0.1, 0.15) is 0 Å². The fourth-order valence-corrected chi connectivity index (χ4v) is 2.05. The number of nitrogens with one attached hydrogen (secondary N) is 3. The Labute approximate surface area is 155 Å². The summed E-state index contributed by atoms with van der Waals surface area (Å²) in [4.78, 5) is 15.9. The van der Waals surface area contributed by atoms with Crippen molar-refractivity contribution in [1.82, 2.24) is 16.0 Å². The molecule has 7 heteroatoms. The van der Waals surface area contributed by atoms with Crippen LogP contribution < -0.4 is 16.0 Å². The van der Waals surface area contributed by atoms with Crippen molar-refractivity contribution in [2.75, 3.05) is 20.1 Å². The Hall–Kier alpha value is -1.25. The van der Waals surface area contributed by atoms with Crippen molar-refractivity contribution in [3.8, 4) is 0 Å². The van der Waals surface area contributed by atoms with Crippen molar-refractivity contribution < 1.29 is 9.21 Å². The Kier molecular flexibility index (Phi) is 12.5. The number of rotatable bonds is 9. The molecule has 6 nitrogen and oxygen atoms in total. The van der Waals surface area contributed by atoms with Gasteiger partial charge in [0.25, 0.3) is 5.91 Å². The van der Waals surface area contributed by atoms with Crippen LogP contribution in [0.4, 0.5) is 0 Å². The van der Waals surface area contributed by atoms with Gasteiger partial charge in [-0.2, -0.15) is 0 Å². The second kappa shape index (κ2) is 13.2. The van der Waals surface area contributed by atoms with E-state index in [9.17, 15) is 4.79 Å². The van der Waals surface area contributed by atoms with Gasteiger partial charge in [0.15, 0.2) is 11.7 Å². The minimum atomic E-state index is -0.206. The van der Waals surface area contributed by atoms with E-state index in [4.69, 9.17) is 4.42 Å². The van der Waals surface area contributed by atoms with E-state index >= 15 is 0 Å². The van der Waals surface area contributed by atoms with Gasteiger partial charge in [-0.15, -0.1) is 24.0 Å². The van der Waals surface area contributed by atoms with Crippen LogP contribution in [-0.4, -0.2) is 38.0 Å². The number of halogens is 1. The first-order valence-electron chi connectivity index (χ1n) is 7.96. The van der Waals surface area contributed by atoms with E-state index in [1.54, 1.807) is 19.2 Å². The van der Waals surface area contributed by atoms with Crippen LogP contribution in [0.5, 0.6) is 0 Å². The third kappa shape index (κ3) is 9.47. The van der Waals surface area contributed by atoms with Gasteiger partial charge in [-0.25, -0.2) is 0 Å². The maximum Gasteiger partial charge on any atom is 0.287 e. The van der Waals surface area contributed by atoms with E-state index in [1.807, 2.05) is 0 Å². The van der Waals surface area contributed by atoms with E-state index in [0.717, 1.165) is 12.4 Å². The van der Waals surface area contributed by atoms with Crippen molar-refractivity contribution in [3.63, 3.8) is 0 Å². The topological polar surface area (TPSA) is 78.7 Å². The molecule has 1 atom stereocenters. The molecule has 132 valence electrons. The lowest BCUT2D eigenvalue weighted by molar-refractivity contribution is 0.0926. The number of unbranched alkanes of at least 4 members (excludes halogenated alkanes) is 2. The summed E-state index contributed by atoms with van der Waals surface area (Å²) in [5, 5.41) is 9.32. The number of carbonyl (C=O) groups is 1. The molecule has 0 fully saturated rings. The summed E-state index contributed by atoms with van der Waals surface area (Å²) in [6.45, 7) is 5.47. The molecule has 0 aliphatic carbocycles. The Balaban J connectivity index is 0.00000484. The molecule has 1 heterocycles. The molecule has 0 aliphatic rings. The number of hydrogen-bond acceptors (Lipinski definition) is 3. The van der Waals surface area contributed by atoms with Crippen LogP contribution in [0.15, 0.2) is 27.8 Å². The smallest absolute Gasteiger partial charge is 0.287 e. The summed E-state index contributed by atoms with van der Waals surface area (Å²) >= 11 is 0. The molecule has 1 aromatic rings. The van der Waals surface area contributed by atoms with Crippen molar-refractivity contribution in [2.24, 2.45) is 4.99 Å². The fraction of sp³-hybridized carbons (Fsp3) is 0.625. The fourth-order valence-electron chi connectivity index (χ4n) is 2.05. The lowest BCUT2D eigenvalue weighted by atomic mass is 10.1. The first-order valence-corrected chi connectivity index (χ1v) is 7.96. The largest absolute Gasteiger partial charge is 0.459 e. The van der Waals surface area contributed by atoms with Crippen LogP contribution >= 0.6 is 24.0 Å². The summed E-state index contributed by atoms with van der Waals surface area (Å²) in [6, 6.07) is 3.72. The maximum absolute atomic E-state index is 11.7. The van der Waals surface area contributed by atoms with Gasteiger partial charge >= 0.3 is 0 Å². The molecule has 1 rings (SSSR count). The zero-order valence-electron chi connectivity index (χ0n) is 14.2. The lowest BCUT2D eigenvalue weighted by Crippen LogP contribution is -2.44. The highest BCUT2D eigenvalue weighted by atomic mass is 127. The Bertz CT molecular complexity index is 449. The predicted octanol–water partition coefficient (Wildman–Crippen LogP) is 2.76. The standard InChI is InChI=1S/C16H28N4O2.HI/c1-4-5-6-8-13(2)20-16(17-3)19-11-10-18-15(21)14-9-7-12-22-14;/h7,9,12-13H,4-6,8,10-11H2,1-3H3,(H,18,21)(H2,17,19,20);1H. The van der Waals surface area contributed by atoms with Crippen LogP contribution in [0.25, 0.3) is 0 Å². The van der Waals surface area contributed by atoms with Gasteiger partial charge in [0.05, 0.1) is 6.26 Å². The lowest BCUT2D eigenvalue weighted by Gasteiger charge is -2.17. The van der Waals surface area contributed by atoms with Crippen molar-refractivity contribution in [2.45, 2.75) is 45.6 Å². The van der Waals surface area contributed by atoms with Gasteiger partial charge in [-0.3, -0.25) is 9.79 Å². The number of furan rings is 1. The summed E-state index contributed by atoms with van der Waals surface area (Å²) in [6.07, 6.45) is 6.33. The van der Waals surface area contributed by atoms with Crippen LogP contribution in [0, 0.1) is 0 Å². The van der Waals surface area contributed by atoms with Gasteiger partial charge in [-0.1, -0.05) is 26.2 Å². The third-order valence-electron chi connectivity index (χ3n) is 3.30. The first kappa shape index (κ1) is 21.8. The van der Waals surface area contributed by atoms with Crippen LogP contribution in [0.3, 0.4) is 0 Å². The summed E-state index contributed by atoms with van der Waals surface area (Å²) < 4.78 is 5.03. The molecule has 0 saturated heterocycles. The van der Waals surface area contributed by atoms with Crippen LogP contribution in [-0.2, 0) is 0 Å². The molecule has 0 radical (unpaired) electrons. The second-order valence-electron chi connectivity index (χ2n) is 5.27. The zero-order chi connectivity index (χ0) is 16.2. The Morgan fingerprint density at radius 1 is 1.30 bits per heavy atom. The summed E-state index contributed by atoms with van der Waals surface area (Å²) in [5.74, 6) is 0.881. The highest BCUT2D eigenvalue weighted by Crippen LogP contribution is 2.02. The molecule has 0 aliphatic heterocycles. The van der Waals surface area contributed by atoms with Crippen molar-refractivity contribution in [1.29, 1.82) is 0 Å². The van der Waals surface area contributed by atoms with Gasteiger partial charge in [0, 0.05) is 26.2 Å². The summed E-state index contributed by atoms with van der Waals surface area (Å²) in [7, 11) is 1.75. The number of amides is 1. The highest BCUT2D eigenvalue weighted by molar-refractivity contribution is 14.0. The number of aliphatic imine (C=N–C) groups is 1. The highest BCUT2D eigenvalue weighted by Gasteiger charge is 2.07. The van der Waals surface area contributed by atoms with E-state index in [-0.39, 0.29) is 29.9 Å². The molecule has 0 bridgehead atoms. The van der Waals surface area contributed by atoms with E-state index in [1.165, 1.54) is 25.5 Å². The number of carbonyl (C=O) groups excluding carboxylic acids is 1. The molecule has 3 N–H and O–H groups in total. The maximum atomic E-state index is 11.7.